The van der Waals surface area contributed by atoms with Gasteiger partial charge in [0.25, 0.3) is 0 Å². The lowest BCUT2D eigenvalue weighted by molar-refractivity contribution is 0.202. The number of nitrogens with two attached hydrogens (primary N) is 1. The normalized spacial score (nSPS) is 15.2. The van der Waals surface area contributed by atoms with Gasteiger partial charge in [0, 0.05) is 11.5 Å². The van der Waals surface area contributed by atoms with Gasteiger partial charge in [0.15, 0.2) is 0 Å². The summed E-state index contributed by atoms with van der Waals surface area (Å²) in [6.07, 6.45) is 3.93. The van der Waals surface area contributed by atoms with E-state index in [1.165, 1.54) is 0 Å². The summed E-state index contributed by atoms with van der Waals surface area (Å²) in [4.78, 5) is 9.11. The van der Waals surface area contributed by atoms with Gasteiger partial charge in [-0.3, -0.25) is 0 Å². The molecule has 0 spiro atoms. The van der Waals surface area contributed by atoms with E-state index in [2.05, 4.69) is 34.6 Å². The van der Waals surface area contributed by atoms with E-state index in [4.69, 9.17) is 5.84 Å². The van der Waals surface area contributed by atoms with E-state index in [1.807, 2.05) is 6.92 Å². The number of hydrogen-bond acceptors (Lipinski definition) is 6. The van der Waals surface area contributed by atoms with Crippen LogP contribution in [0, 0.1) is 6.92 Å². The van der Waals surface area contributed by atoms with E-state index < -0.39 is 0 Å². The first-order chi connectivity index (χ1) is 9.59. The molecule has 20 heavy (non-hydrogen) atoms. The molecule has 1 heterocycles. The zero-order chi connectivity index (χ0) is 14.8. The number of anilines is 2. The van der Waals surface area contributed by atoms with Crippen LogP contribution in [0.25, 0.3) is 0 Å². The maximum absolute atomic E-state index is 9.70. The fourth-order valence-electron chi connectivity index (χ4n) is 2.26. The van der Waals surface area contributed by atoms with Crippen molar-refractivity contribution in [2.45, 2.75) is 57.9 Å². The summed E-state index contributed by atoms with van der Waals surface area (Å²) in [6.45, 7) is 6.13. The molecule has 0 radical (unpaired) electrons. The molecule has 6 heteroatoms. The van der Waals surface area contributed by atoms with Crippen molar-refractivity contribution in [3.8, 4) is 0 Å². The SMILES string of the molecule is CCC(CC)(CO)Nc1nc(C2CC2)nc(NN)c1C. The zero-order valence-electron chi connectivity index (χ0n) is 12.5. The zero-order valence-corrected chi connectivity index (χ0v) is 12.5. The van der Waals surface area contributed by atoms with Crippen LogP contribution in [0.4, 0.5) is 11.6 Å². The van der Waals surface area contributed by atoms with E-state index in [9.17, 15) is 5.11 Å². The average Bonchev–Trinajstić information content (AvgIpc) is 3.31. The van der Waals surface area contributed by atoms with Crippen LogP contribution in [0.5, 0.6) is 0 Å². The molecular weight excluding hydrogens is 254 g/mol. The van der Waals surface area contributed by atoms with Gasteiger partial charge < -0.3 is 15.8 Å². The summed E-state index contributed by atoms with van der Waals surface area (Å²) in [5.41, 5.74) is 3.19. The summed E-state index contributed by atoms with van der Waals surface area (Å²) >= 11 is 0. The molecule has 1 aliphatic rings. The van der Waals surface area contributed by atoms with Crippen LogP contribution < -0.4 is 16.6 Å². The van der Waals surface area contributed by atoms with Crippen LogP contribution in [0.1, 0.15) is 56.8 Å². The van der Waals surface area contributed by atoms with Crippen molar-refractivity contribution in [3.63, 3.8) is 0 Å². The van der Waals surface area contributed by atoms with E-state index in [0.717, 1.165) is 42.9 Å². The van der Waals surface area contributed by atoms with Crippen molar-refractivity contribution in [1.29, 1.82) is 0 Å². The molecule has 2 rings (SSSR count). The monoisotopic (exact) mass is 279 g/mol. The number of hydrogen-bond donors (Lipinski definition) is 4. The molecule has 0 amide bonds. The van der Waals surface area contributed by atoms with Gasteiger partial charge >= 0.3 is 0 Å². The number of aliphatic hydroxyl groups excluding tert-OH is 1. The van der Waals surface area contributed by atoms with Crippen molar-refractivity contribution in [2.24, 2.45) is 5.84 Å². The molecule has 1 aliphatic carbocycles. The van der Waals surface area contributed by atoms with E-state index in [-0.39, 0.29) is 12.1 Å². The Morgan fingerprint density at radius 3 is 2.30 bits per heavy atom. The van der Waals surface area contributed by atoms with E-state index in [1.54, 1.807) is 0 Å². The Balaban J connectivity index is 2.36. The first kappa shape index (κ1) is 15.0. The molecule has 0 aromatic carbocycles. The molecule has 5 N–H and O–H groups in total. The fourth-order valence-corrected chi connectivity index (χ4v) is 2.26. The summed E-state index contributed by atoms with van der Waals surface area (Å²) in [7, 11) is 0. The predicted molar refractivity (Wildman–Crippen MR) is 80.6 cm³/mol. The van der Waals surface area contributed by atoms with Crippen molar-refractivity contribution < 1.29 is 5.11 Å². The highest BCUT2D eigenvalue weighted by Crippen LogP contribution is 2.39. The van der Waals surface area contributed by atoms with Crippen LogP contribution in [0.3, 0.4) is 0 Å². The second kappa shape index (κ2) is 5.93. The third-order valence-electron chi connectivity index (χ3n) is 4.28. The van der Waals surface area contributed by atoms with E-state index >= 15 is 0 Å². The van der Waals surface area contributed by atoms with Gasteiger partial charge in [-0.1, -0.05) is 13.8 Å². The Kier molecular flexibility index (Phi) is 4.45. The lowest BCUT2D eigenvalue weighted by atomic mass is 9.93. The number of aromatic nitrogens is 2. The van der Waals surface area contributed by atoms with Gasteiger partial charge in [-0.25, -0.2) is 15.8 Å². The van der Waals surface area contributed by atoms with Gasteiger partial charge in [0.1, 0.15) is 17.5 Å². The molecule has 0 saturated heterocycles. The Morgan fingerprint density at radius 2 is 1.85 bits per heavy atom. The highest BCUT2D eigenvalue weighted by atomic mass is 16.3. The number of hydrazine groups is 1. The maximum Gasteiger partial charge on any atom is 0.148 e. The maximum atomic E-state index is 9.70. The van der Waals surface area contributed by atoms with Gasteiger partial charge in [0.05, 0.1) is 12.1 Å². The van der Waals surface area contributed by atoms with Crippen LogP contribution in [0.15, 0.2) is 0 Å². The Labute approximate surface area is 120 Å². The first-order valence-corrected chi connectivity index (χ1v) is 7.33. The molecule has 0 atom stereocenters. The molecule has 112 valence electrons. The number of nitrogens with one attached hydrogen (secondary N) is 2. The quantitative estimate of drug-likeness (QED) is 0.450. The first-order valence-electron chi connectivity index (χ1n) is 7.33. The van der Waals surface area contributed by atoms with Crippen molar-refractivity contribution in [2.75, 3.05) is 17.3 Å². The summed E-state index contributed by atoms with van der Waals surface area (Å²) < 4.78 is 0. The highest BCUT2D eigenvalue weighted by molar-refractivity contribution is 5.58. The average molecular weight is 279 g/mol. The predicted octanol–water partition coefficient (Wildman–Crippen LogP) is 1.91. The summed E-state index contributed by atoms with van der Waals surface area (Å²) in [5, 5.41) is 13.1. The van der Waals surface area contributed by atoms with Crippen molar-refractivity contribution >= 4 is 11.6 Å². The largest absolute Gasteiger partial charge is 0.394 e. The number of nitrogen functional groups attached to an aromatic ring is 1. The van der Waals surface area contributed by atoms with Crippen molar-refractivity contribution in [1.82, 2.24) is 9.97 Å². The van der Waals surface area contributed by atoms with Crippen LogP contribution >= 0.6 is 0 Å². The molecular formula is C14H25N5O. The second-order valence-corrected chi connectivity index (χ2v) is 5.59. The van der Waals surface area contributed by atoms with Crippen LogP contribution in [-0.2, 0) is 0 Å². The minimum absolute atomic E-state index is 0.0770. The van der Waals surface area contributed by atoms with Crippen molar-refractivity contribution in [3.05, 3.63) is 11.4 Å². The molecule has 1 aromatic rings. The molecule has 0 bridgehead atoms. The Morgan fingerprint density at radius 1 is 1.25 bits per heavy atom. The number of aliphatic hydroxyl groups is 1. The highest BCUT2D eigenvalue weighted by Gasteiger charge is 2.30. The minimum Gasteiger partial charge on any atom is -0.394 e. The van der Waals surface area contributed by atoms with E-state index in [0.29, 0.717) is 11.7 Å². The fraction of sp³-hybridized carbons (Fsp3) is 0.714. The Bertz CT molecular complexity index is 461. The van der Waals surface area contributed by atoms with Crippen LogP contribution in [0.2, 0.25) is 0 Å². The smallest absolute Gasteiger partial charge is 0.148 e. The third kappa shape index (κ3) is 2.86. The third-order valence-corrected chi connectivity index (χ3v) is 4.28. The minimum atomic E-state index is -0.341. The second-order valence-electron chi connectivity index (χ2n) is 5.59. The van der Waals surface area contributed by atoms with Gasteiger partial charge in [0.2, 0.25) is 0 Å². The number of rotatable bonds is 7. The topological polar surface area (TPSA) is 96.1 Å². The molecule has 1 saturated carbocycles. The summed E-state index contributed by atoms with van der Waals surface area (Å²) in [6, 6.07) is 0. The standard InChI is InChI=1S/C14H25N5O/c1-4-14(5-2,8-20)18-11-9(3)12(19-15)17-13(16-11)10-6-7-10/h10,20H,4-8,15H2,1-3H3,(H2,16,17,18,19). The van der Waals surface area contributed by atoms with Gasteiger partial charge in [-0.15, -0.1) is 0 Å². The Hall–Kier alpha value is -1.40. The lowest BCUT2D eigenvalue weighted by Gasteiger charge is -2.32. The molecule has 1 fully saturated rings. The number of nitrogens with zero attached hydrogens (tertiary/aromatic N) is 2. The molecule has 0 unspecified atom stereocenters. The van der Waals surface area contributed by atoms with Gasteiger partial charge in [-0.05, 0) is 32.6 Å². The van der Waals surface area contributed by atoms with Crippen LogP contribution in [-0.4, -0.2) is 27.2 Å². The lowest BCUT2D eigenvalue weighted by Crippen LogP contribution is -2.41. The molecule has 1 aromatic heterocycles. The summed E-state index contributed by atoms with van der Waals surface area (Å²) in [5.74, 6) is 8.27. The molecule has 0 aliphatic heterocycles. The molecule has 6 nitrogen and oxygen atoms in total. The van der Waals surface area contributed by atoms with Gasteiger partial charge in [-0.2, -0.15) is 0 Å².